The summed E-state index contributed by atoms with van der Waals surface area (Å²) in [4.78, 5) is 13.8. The maximum absolute atomic E-state index is 5.12. The van der Waals surface area contributed by atoms with E-state index in [1.165, 1.54) is 45.0 Å². The van der Waals surface area contributed by atoms with Gasteiger partial charge in [-0.25, -0.2) is 0 Å². The van der Waals surface area contributed by atoms with Gasteiger partial charge in [0.2, 0.25) is 0 Å². The lowest BCUT2D eigenvalue weighted by Gasteiger charge is -2.14. The number of aromatic nitrogens is 1. The third kappa shape index (κ3) is 3.53. The van der Waals surface area contributed by atoms with Crippen LogP contribution in [0.25, 0.3) is 0 Å². The maximum atomic E-state index is 5.12. The number of allylic oxidation sites excluding steroid dienone is 3. The number of aryl methyl sites for hydroxylation is 1. The van der Waals surface area contributed by atoms with Crippen LogP contribution in [0, 0.1) is 12.8 Å². The molecule has 3 aliphatic rings. The summed E-state index contributed by atoms with van der Waals surface area (Å²) < 4.78 is 0. The van der Waals surface area contributed by atoms with Crippen molar-refractivity contribution in [3.63, 3.8) is 0 Å². The summed E-state index contributed by atoms with van der Waals surface area (Å²) >= 11 is 0. The van der Waals surface area contributed by atoms with E-state index in [0.717, 1.165) is 11.4 Å². The fourth-order valence-electron chi connectivity index (χ4n) is 4.71. The van der Waals surface area contributed by atoms with Crippen molar-refractivity contribution in [1.29, 1.82) is 0 Å². The molecule has 4 heterocycles. The van der Waals surface area contributed by atoms with Crippen molar-refractivity contribution in [2.75, 3.05) is 0 Å². The van der Waals surface area contributed by atoms with Crippen molar-refractivity contribution in [2.45, 2.75) is 73.5 Å². The van der Waals surface area contributed by atoms with Gasteiger partial charge in [0.25, 0.3) is 0 Å². The molecule has 0 saturated carbocycles. The first kappa shape index (κ1) is 20.6. The van der Waals surface area contributed by atoms with Crippen molar-refractivity contribution in [3.05, 3.63) is 69.2 Å². The molecule has 4 heteroatoms. The second kappa shape index (κ2) is 7.57. The molecule has 0 aromatic carbocycles. The van der Waals surface area contributed by atoms with Crippen LogP contribution in [0.4, 0.5) is 0 Å². The number of H-pyrrole nitrogens is 1. The van der Waals surface area contributed by atoms with Crippen molar-refractivity contribution < 1.29 is 0 Å². The monoisotopic (exact) mass is 402 g/mol. The number of rotatable bonds is 4. The van der Waals surface area contributed by atoms with E-state index in [0.29, 0.717) is 5.92 Å². The molecule has 158 valence electrons. The van der Waals surface area contributed by atoms with Gasteiger partial charge in [0, 0.05) is 22.8 Å². The fraction of sp³-hybridized carbons (Fsp3) is 0.462. The molecule has 1 aromatic heterocycles. The lowest BCUT2D eigenvalue weighted by Crippen LogP contribution is -2.31. The number of hydrogen-bond acceptors (Lipinski definition) is 3. The zero-order valence-electron chi connectivity index (χ0n) is 19.5. The van der Waals surface area contributed by atoms with Gasteiger partial charge in [-0.2, -0.15) is 0 Å². The maximum Gasteiger partial charge on any atom is 0.111 e. The van der Waals surface area contributed by atoms with Crippen molar-refractivity contribution >= 4 is 11.4 Å². The molecule has 4 rings (SSSR count). The Hall–Kier alpha value is -2.62. The van der Waals surface area contributed by atoms with Gasteiger partial charge < -0.3 is 10.3 Å². The SMILES string of the molecule is CC1=CC(c2[nH]c(C3N=C(C4NC(=C(C)C)C=C4C)C=C3C)cc2C)N=C1C(C)C. The molecule has 2 N–H and O–H groups in total. The molecular weight excluding hydrogens is 368 g/mol. The Bertz CT molecular complexity index is 1060. The Morgan fingerprint density at radius 2 is 1.73 bits per heavy atom. The molecule has 3 unspecified atom stereocenters. The van der Waals surface area contributed by atoms with Crippen LogP contribution in [0.2, 0.25) is 0 Å². The van der Waals surface area contributed by atoms with E-state index in [1.54, 1.807) is 0 Å². The largest absolute Gasteiger partial charge is 0.373 e. The highest BCUT2D eigenvalue weighted by molar-refractivity contribution is 6.04. The molecule has 0 saturated heterocycles. The zero-order valence-corrected chi connectivity index (χ0v) is 19.5. The van der Waals surface area contributed by atoms with E-state index in [9.17, 15) is 0 Å². The van der Waals surface area contributed by atoms with Gasteiger partial charge in [-0.15, -0.1) is 0 Å². The molecule has 0 aliphatic carbocycles. The van der Waals surface area contributed by atoms with Crippen LogP contribution < -0.4 is 5.32 Å². The van der Waals surface area contributed by atoms with Crippen LogP contribution >= 0.6 is 0 Å². The van der Waals surface area contributed by atoms with Gasteiger partial charge in [0.1, 0.15) is 12.1 Å². The molecule has 0 bridgehead atoms. The zero-order chi connectivity index (χ0) is 21.7. The summed E-state index contributed by atoms with van der Waals surface area (Å²) in [6.45, 7) is 17.4. The average molecular weight is 403 g/mol. The summed E-state index contributed by atoms with van der Waals surface area (Å²) in [5.41, 5.74) is 12.4. The van der Waals surface area contributed by atoms with E-state index in [4.69, 9.17) is 9.98 Å². The molecular formula is C26H34N4. The Kier molecular flexibility index (Phi) is 5.21. The smallest absolute Gasteiger partial charge is 0.111 e. The summed E-state index contributed by atoms with van der Waals surface area (Å²) in [5, 5.41) is 3.63. The quantitative estimate of drug-likeness (QED) is 0.630. The van der Waals surface area contributed by atoms with E-state index in [1.807, 2.05) is 0 Å². The molecule has 0 fully saturated rings. The minimum Gasteiger partial charge on any atom is -0.373 e. The number of aromatic amines is 1. The summed E-state index contributed by atoms with van der Waals surface area (Å²) in [7, 11) is 0. The summed E-state index contributed by atoms with van der Waals surface area (Å²) in [6, 6.07) is 2.57. The summed E-state index contributed by atoms with van der Waals surface area (Å²) in [5.74, 6) is 0.453. The first-order valence-corrected chi connectivity index (χ1v) is 11.0. The topological polar surface area (TPSA) is 52.5 Å². The molecule has 1 aromatic rings. The van der Waals surface area contributed by atoms with Gasteiger partial charge in [0.05, 0.1) is 11.8 Å². The van der Waals surface area contributed by atoms with Crippen molar-refractivity contribution in [1.82, 2.24) is 10.3 Å². The molecule has 3 aliphatic heterocycles. The number of hydrogen-bond donors (Lipinski definition) is 2. The predicted octanol–water partition coefficient (Wildman–Crippen LogP) is 6.08. The lowest BCUT2D eigenvalue weighted by molar-refractivity contribution is 0.792. The van der Waals surface area contributed by atoms with Crippen LogP contribution in [-0.4, -0.2) is 22.4 Å². The van der Waals surface area contributed by atoms with Crippen LogP contribution in [0.3, 0.4) is 0 Å². The molecule has 3 atom stereocenters. The van der Waals surface area contributed by atoms with Crippen LogP contribution in [0.1, 0.15) is 77.5 Å². The first-order valence-electron chi connectivity index (χ1n) is 11.0. The van der Waals surface area contributed by atoms with Crippen molar-refractivity contribution in [3.8, 4) is 0 Å². The molecule has 30 heavy (non-hydrogen) atoms. The van der Waals surface area contributed by atoms with Crippen LogP contribution in [0.5, 0.6) is 0 Å². The highest BCUT2D eigenvalue weighted by Gasteiger charge is 2.30. The van der Waals surface area contributed by atoms with Crippen LogP contribution in [0.15, 0.2) is 62.3 Å². The normalized spacial score (nSPS) is 25.8. The molecule has 4 nitrogen and oxygen atoms in total. The van der Waals surface area contributed by atoms with E-state index < -0.39 is 0 Å². The van der Waals surface area contributed by atoms with Gasteiger partial charge in [-0.1, -0.05) is 19.4 Å². The van der Waals surface area contributed by atoms with Gasteiger partial charge in [-0.05, 0) is 94.0 Å². The Balaban J connectivity index is 1.61. The number of nitrogens with zero attached hydrogens (tertiary/aromatic N) is 2. The Labute approximate surface area is 180 Å². The summed E-state index contributed by atoms with van der Waals surface area (Å²) in [6.07, 6.45) is 6.77. The van der Waals surface area contributed by atoms with E-state index >= 15 is 0 Å². The second-order valence-corrected chi connectivity index (χ2v) is 9.51. The second-order valence-electron chi connectivity index (χ2n) is 9.51. The minimum absolute atomic E-state index is 0.0535. The molecule has 0 spiro atoms. The Morgan fingerprint density at radius 1 is 1.00 bits per heavy atom. The highest BCUT2D eigenvalue weighted by atomic mass is 15.0. The third-order valence-electron chi connectivity index (χ3n) is 6.35. The molecule has 0 amide bonds. The fourth-order valence-corrected chi connectivity index (χ4v) is 4.71. The number of aliphatic imine (C=N–C) groups is 2. The lowest BCUT2D eigenvalue weighted by atomic mass is 10.0. The number of nitrogens with one attached hydrogen (secondary N) is 2. The minimum atomic E-state index is 0.0535. The Morgan fingerprint density at radius 3 is 2.33 bits per heavy atom. The first-order chi connectivity index (χ1) is 14.2. The van der Waals surface area contributed by atoms with Gasteiger partial charge in [-0.3, -0.25) is 9.98 Å². The van der Waals surface area contributed by atoms with E-state index in [2.05, 4.69) is 90.0 Å². The van der Waals surface area contributed by atoms with Gasteiger partial charge >= 0.3 is 0 Å². The highest BCUT2D eigenvalue weighted by Crippen LogP contribution is 2.37. The molecule has 0 radical (unpaired) electrons. The third-order valence-corrected chi connectivity index (χ3v) is 6.35. The predicted molar refractivity (Wildman–Crippen MR) is 127 cm³/mol. The average Bonchev–Trinajstić information content (AvgIpc) is 3.40. The van der Waals surface area contributed by atoms with Gasteiger partial charge in [0.15, 0.2) is 0 Å². The van der Waals surface area contributed by atoms with E-state index in [-0.39, 0.29) is 18.1 Å². The standard InChI is InChI=1S/C26H34N4/c1-13(2)19-9-16(6)24(27-19)21-11-18(8)26(29-21)22-12-17(7)25(30-22)20-10-15(5)23(28-20)14(3)4/h9-12,14,20,24,26-27,30H,1-8H3. The van der Waals surface area contributed by atoms with Crippen molar-refractivity contribution in [2.24, 2.45) is 15.9 Å². The van der Waals surface area contributed by atoms with Crippen LogP contribution in [-0.2, 0) is 0 Å².